The average Bonchev–Trinajstić information content (AvgIpc) is 3.03. The maximum atomic E-state index is 12.7. The van der Waals surface area contributed by atoms with Crippen molar-refractivity contribution in [3.8, 4) is 0 Å². The molecule has 0 bridgehead atoms. The standard InChI is InChI=1S/C15H16FN3O3/c16-12-3-1-11(2-4-12)15(21)18-9-8-17-14(20)6-5-13-7-10-22-19-13/h1-4,7,10H,5-6,8-9H2,(H,17,20)(H,18,21). The van der Waals surface area contributed by atoms with Crippen LogP contribution in [0.4, 0.5) is 4.39 Å². The third-order valence-electron chi connectivity index (χ3n) is 2.94. The third kappa shape index (κ3) is 5.01. The van der Waals surface area contributed by atoms with Crippen LogP contribution in [-0.4, -0.2) is 30.1 Å². The molecule has 2 aromatic rings. The number of nitrogens with zero attached hydrogens (tertiary/aromatic N) is 1. The number of benzene rings is 1. The van der Waals surface area contributed by atoms with Gasteiger partial charge in [0.05, 0.1) is 5.69 Å². The minimum atomic E-state index is -0.393. The third-order valence-corrected chi connectivity index (χ3v) is 2.94. The Morgan fingerprint density at radius 1 is 1.09 bits per heavy atom. The van der Waals surface area contributed by atoms with Crippen LogP contribution in [-0.2, 0) is 11.2 Å². The molecule has 1 heterocycles. The van der Waals surface area contributed by atoms with Crippen molar-refractivity contribution in [2.45, 2.75) is 12.8 Å². The van der Waals surface area contributed by atoms with Crippen molar-refractivity contribution in [1.29, 1.82) is 0 Å². The van der Waals surface area contributed by atoms with E-state index in [4.69, 9.17) is 0 Å². The number of aromatic nitrogens is 1. The Morgan fingerprint density at radius 2 is 1.82 bits per heavy atom. The summed E-state index contributed by atoms with van der Waals surface area (Å²) in [6.45, 7) is 0.622. The van der Waals surface area contributed by atoms with E-state index in [-0.39, 0.29) is 11.8 Å². The van der Waals surface area contributed by atoms with E-state index in [0.717, 1.165) is 5.69 Å². The largest absolute Gasteiger partial charge is 0.365 e. The molecule has 0 saturated carbocycles. The number of carbonyl (C=O) groups is 2. The van der Waals surface area contributed by atoms with E-state index in [1.807, 2.05) is 0 Å². The predicted octanol–water partition coefficient (Wildman–Crippen LogP) is 1.29. The zero-order valence-electron chi connectivity index (χ0n) is 11.8. The normalized spacial score (nSPS) is 10.2. The van der Waals surface area contributed by atoms with E-state index in [9.17, 15) is 14.0 Å². The summed E-state index contributed by atoms with van der Waals surface area (Å²) >= 11 is 0. The lowest BCUT2D eigenvalue weighted by Gasteiger charge is -2.07. The maximum Gasteiger partial charge on any atom is 0.251 e. The van der Waals surface area contributed by atoms with Crippen LogP contribution >= 0.6 is 0 Å². The molecule has 2 N–H and O–H groups in total. The number of halogens is 1. The number of nitrogens with one attached hydrogen (secondary N) is 2. The van der Waals surface area contributed by atoms with E-state index < -0.39 is 5.82 Å². The molecule has 0 unspecified atom stereocenters. The molecule has 0 spiro atoms. The Kier molecular flexibility index (Phi) is 5.65. The van der Waals surface area contributed by atoms with Crippen molar-refractivity contribution in [2.75, 3.05) is 13.1 Å². The second-order valence-electron chi connectivity index (χ2n) is 4.60. The number of carbonyl (C=O) groups excluding carboxylic acids is 2. The van der Waals surface area contributed by atoms with Gasteiger partial charge in [-0.25, -0.2) is 4.39 Å². The molecule has 22 heavy (non-hydrogen) atoms. The van der Waals surface area contributed by atoms with Crippen molar-refractivity contribution in [3.63, 3.8) is 0 Å². The fourth-order valence-corrected chi connectivity index (χ4v) is 1.78. The van der Waals surface area contributed by atoms with Gasteiger partial charge in [-0.1, -0.05) is 5.16 Å². The molecule has 2 amide bonds. The van der Waals surface area contributed by atoms with Gasteiger partial charge in [0.25, 0.3) is 5.91 Å². The molecular weight excluding hydrogens is 289 g/mol. The van der Waals surface area contributed by atoms with Gasteiger partial charge in [0, 0.05) is 37.6 Å². The minimum absolute atomic E-state index is 0.126. The van der Waals surface area contributed by atoms with Crippen molar-refractivity contribution in [2.24, 2.45) is 0 Å². The molecule has 6 nitrogen and oxygen atoms in total. The molecule has 1 aromatic carbocycles. The Balaban J connectivity index is 1.61. The highest BCUT2D eigenvalue weighted by atomic mass is 19.1. The van der Waals surface area contributed by atoms with E-state index in [1.165, 1.54) is 30.5 Å². The molecule has 1 aromatic heterocycles. The zero-order valence-corrected chi connectivity index (χ0v) is 11.8. The zero-order chi connectivity index (χ0) is 15.8. The van der Waals surface area contributed by atoms with Gasteiger partial charge in [-0.05, 0) is 24.3 Å². The summed E-state index contributed by atoms with van der Waals surface area (Å²) in [6, 6.07) is 6.96. The van der Waals surface area contributed by atoms with Crippen LogP contribution in [0.1, 0.15) is 22.5 Å². The summed E-state index contributed by atoms with van der Waals surface area (Å²) in [6.07, 6.45) is 2.26. The number of aryl methyl sites for hydroxylation is 1. The van der Waals surface area contributed by atoms with Crippen LogP contribution in [0.15, 0.2) is 41.1 Å². The summed E-state index contributed by atoms with van der Waals surface area (Å²) in [4.78, 5) is 23.3. The highest BCUT2D eigenvalue weighted by Crippen LogP contribution is 2.02. The van der Waals surface area contributed by atoms with E-state index in [0.29, 0.717) is 31.5 Å². The lowest BCUT2D eigenvalue weighted by atomic mass is 10.2. The fraction of sp³-hybridized carbons (Fsp3) is 0.267. The van der Waals surface area contributed by atoms with Gasteiger partial charge in [-0.2, -0.15) is 0 Å². The first-order valence-electron chi connectivity index (χ1n) is 6.85. The highest BCUT2D eigenvalue weighted by Gasteiger charge is 2.06. The van der Waals surface area contributed by atoms with Gasteiger partial charge in [0.2, 0.25) is 5.91 Å². The van der Waals surface area contributed by atoms with E-state index in [2.05, 4.69) is 20.3 Å². The predicted molar refractivity (Wildman–Crippen MR) is 76.6 cm³/mol. The van der Waals surface area contributed by atoms with Crippen LogP contribution in [0.2, 0.25) is 0 Å². The van der Waals surface area contributed by atoms with Gasteiger partial charge in [0.15, 0.2) is 0 Å². The number of hydrogen-bond donors (Lipinski definition) is 2. The van der Waals surface area contributed by atoms with E-state index >= 15 is 0 Å². The first kappa shape index (κ1) is 15.7. The van der Waals surface area contributed by atoms with Crippen molar-refractivity contribution >= 4 is 11.8 Å². The maximum absolute atomic E-state index is 12.7. The molecule has 0 saturated heterocycles. The summed E-state index contributed by atoms with van der Waals surface area (Å²) in [5.41, 5.74) is 1.10. The van der Waals surface area contributed by atoms with Gasteiger partial charge in [-0.3, -0.25) is 9.59 Å². The van der Waals surface area contributed by atoms with Crippen molar-refractivity contribution < 1.29 is 18.5 Å². The second kappa shape index (κ2) is 7.92. The summed E-state index contributed by atoms with van der Waals surface area (Å²) < 4.78 is 17.4. The lowest BCUT2D eigenvalue weighted by molar-refractivity contribution is -0.121. The Morgan fingerprint density at radius 3 is 2.50 bits per heavy atom. The minimum Gasteiger partial charge on any atom is -0.365 e. The average molecular weight is 305 g/mol. The van der Waals surface area contributed by atoms with Crippen LogP contribution < -0.4 is 10.6 Å². The number of hydrogen-bond acceptors (Lipinski definition) is 4. The Bertz CT molecular complexity index is 611. The van der Waals surface area contributed by atoms with Gasteiger partial charge >= 0.3 is 0 Å². The van der Waals surface area contributed by atoms with Crippen molar-refractivity contribution in [1.82, 2.24) is 15.8 Å². The summed E-state index contributed by atoms with van der Waals surface area (Å²) in [5, 5.41) is 9.04. The Hall–Kier alpha value is -2.70. The highest BCUT2D eigenvalue weighted by molar-refractivity contribution is 5.94. The second-order valence-corrected chi connectivity index (χ2v) is 4.60. The quantitative estimate of drug-likeness (QED) is 0.755. The fourth-order valence-electron chi connectivity index (χ4n) is 1.78. The van der Waals surface area contributed by atoms with Gasteiger partial charge in [0.1, 0.15) is 12.1 Å². The molecule has 0 aliphatic rings. The molecule has 0 radical (unpaired) electrons. The van der Waals surface area contributed by atoms with Crippen molar-refractivity contribution in [3.05, 3.63) is 53.7 Å². The van der Waals surface area contributed by atoms with Crippen LogP contribution in [0, 0.1) is 5.82 Å². The molecule has 2 rings (SSSR count). The first-order valence-corrected chi connectivity index (χ1v) is 6.85. The number of rotatable bonds is 7. The number of amides is 2. The van der Waals surface area contributed by atoms with Gasteiger partial charge in [-0.15, -0.1) is 0 Å². The first-order chi connectivity index (χ1) is 10.6. The molecule has 116 valence electrons. The van der Waals surface area contributed by atoms with Crippen LogP contribution in [0.25, 0.3) is 0 Å². The molecule has 0 aliphatic heterocycles. The topological polar surface area (TPSA) is 84.2 Å². The summed E-state index contributed by atoms with van der Waals surface area (Å²) in [7, 11) is 0. The smallest absolute Gasteiger partial charge is 0.251 e. The SMILES string of the molecule is O=C(CCc1ccon1)NCCNC(=O)c1ccc(F)cc1. The van der Waals surface area contributed by atoms with Gasteiger partial charge < -0.3 is 15.2 Å². The lowest BCUT2D eigenvalue weighted by Crippen LogP contribution is -2.34. The monoisotopic (exact) mass is 305 g/mol. The molecular formula is C15H16FN3O3. The molecule has 0 aliphatic carbocycles. The molecule has 7 heteroatoms. The summed E-state index contributed by atoms with van der Waals surface area (Å²) in [5.74, 6) is -0.827. The van der Waals surface area contributed by atoms with E-state index in [1.54, 1.807) is 6.07 Å². The molecule has 0 atom stereocenters. The van der Waals surface area contributed by atoms with Crippen LogP contribution in [0.5, 0.6) is 0 Å². The Labute approximate surface area is 126 Å². The molecule has 0 fully saturated rings. The van der Waals surface area contributed by atoms with Crippen LogP contribution in [0.3, 0.4) is 0 Å².